The third-order valence-corrected chi connectivity index (χ3v) is 7.74. The lowest BCUT2D eigenvalue weighted by Crippen LogP contribution is -2.32. The van der Waals surface area contributed by atoms with E-state index in [1.54, 1.807) is 0 Å². The molecule has 33 heavy (non-hydrogen) atoms. The van der Waals surface area contributed by atoms with Gasteiger partial charge in [-0.05, 0) is 87.6 Å². The zero-order chi connectivity index (χ0) is 22.8. The smallest absolute Gasteiger partial charge is 0.225 e. The molecule has 0 spiro atoms. The summed E-state index contributed by atoms with van der Waals surface area (Å²) in [6.45, 7) is 1.98. The maximum Gasteiger partial charge on any atom is 0.225 e. The first-order chi connectivity index (χ1) is 16.1. The van der Waals surface area contributed by atoms with E-state index in [0.29, 0.717) is 6.04 Å². The molecule has 176 valence electrons. The molecular formula is C26H35BrN6. The van der Waals surface area contributed by atoms with Gasteiger partial charge in [0.15, 0.2) is 0 Å². The first-order valence-corrected chi connectivity index (χ1v) is 13.2. The Kier molecular flexibility index (Phi) is 6.88. The normalized spacial score (nSPS) is 20.6. The van der Waals surface area contributed by atoms with Crippen LogP contribution in [0.1, 0.15) is 55.3 Å². The van der Waals surface area contributed by atoms with E-state index < -0.39 is 0 Å². The summed E-state index contributed by atoms with van der Waals surface area (Å²) in [5.41, 5.74) is 5.14. The topological polar surface area (TPSA) is 68.9 Å². The molecule has 0 amide bonds. The van der Waals surface area contributed by atoms with Gasteiger partial charge in [-0.3, -0.25) is 0 Å². The summed E-state index contributed by atoms with van der Waals surface area (Å²) in [5.74, 6) is 2.66. The minimum Gasteiger partial charge on any atom is -0.362 e. The van der Waals surface area contributed by atoms with Gasteiger partial charge in [0.1, 0.15) is 5.82 Å². The highest BCUT2D eigenvalue weighted by molar-refractivity contribution is 9.10. The van der Waals surface area contributed by atoms with Crippen LogP contribution >= 0.6 is 15.9 Å². The molecule has 0 bridgehead atoms. The van der Waals surface area contributed by atoms with E-state index >= 15 is 0 Å². The maximum absolute atomic E-state index is 4.91. The number of hydrogen-bond donors (Lipinski definition) is 3. The Morgan fingerprint density at radius 2 is 1.91 bits per heavy atom. The molecule has 0 radical (unpaired) electrons. The molecule has 6 nitrogen and oxygen atoms in total. The van der Waals surface area contributed by atoms with Crippen molar-refractivity contribution in [1.82, 2.24) is 20.3 Å². The SMILES string of the molecule is CN(C)c1nc(NC2CCC(CNCc3c[nH]c4ccc(Br)cc34)CC2)nc2c1CCCC2. The number of H-pyrrole nitrogens is 1. The Morgan fingerprint density at radius 3 is 2.73 bits per heavy atom. The van der Waals surface area contributed by atoms with Crippen LogP contribution in [-0.2, 0) is 19.4 Å². The summed E-state index contributed by atoms with van der Waals surface area (Å²) in [7, 11) is 4.18. The number of rotatable bonds is 7. The van der Waals surface area contributed by atoms with Crippen LogP contribution in [-0.4, -0.2) is 41.6 Å². The van der Waals surface area contributed by atoms with E-state index in [4.69, 9.17) is 9.97 Å². The molecule has 0 saturated heterocycles. The van der Waals surface area contributed by atoms with Gasteiger partial charge in [0.2, 0.25) is 5.95 Å². The summed E-state index contributed by atoms with van der Waals surface area (Å²) < 4.78 is 1.13. The Bertz CT molecular complexity index is 1100. The van der Waals surface area contributed by atoms with Crippen molar-refractivity contribution in [2.24, 2.45) is 5.92 Å². The van der Waals surface area contributed by atoms with Crippen molar-refractivity contribution in [2.75, 3.05) is 30.9 Å². The number of halogens is 1. The predicted octanol–water partition coefficient (Wildman–Crippen LogP) is 5.43. The number of fused-ring (bicyclic) bond motifs is 2. The molecule has 3 N–H and O–H groups in total. The van der Waals surface area contributed by atoms with Gasteiger partial charge in [-0.2, -0.15) is 4.98 Å². The number of aromatic amines is 1. The fourth-order valence-electron chi connectivity index (χ4n) is 5.41. The Morgan fingerprint density at radius 1 is 1.09 bits per heavy atom. The fourth-order valence-corrected chi connectivity index (χ4v) is 5.77. The van der Waals surface area contributed by atoms with E-state index in [1.807, 2.05) is 0 Å². The van der Waals surface area contributed by atoms with Crippen LogP contribution in [0.2, 0.25) is 0 Å². The first-order valence-electron chi connectivity index (χ1n) is 12.4. The third-order valence-electron chi connectivity index (χ3n) is 7.24. The minimum atomic E-state index is 0.476. The van der Waals surface area contributed by atoms with Crippen LogP contribution in [0.4, 0.5) is 11.8 Å². The number of nitrogens with zero attached hydrogens (tertiary/aromatic N) is 3. The van der Waals surface area contributed by atoms with Gasteiger partial charge in [-0.15, -0.1) is 0 Å². The molecule has 2 aliphatic rings. The molecule has 3 aromatic rings. The second-order valence-corrected chi connectivity index (χ2v) is 10.8. The molecule has 5 rings (SSSR count). The molecule has 7 heteroatoms. The van der Waals surface area contributed by atoms with Gasteiger partial charge in [0, 0.05) is 53.8 Å². The predicted molar refractivity (Wildman–Crippen MR) is 140 cm³/mol. The van der Waals surface area contributed by atoms with Crippen molar-refractivity contribution >= 4 is 38.6 Å². The summed E-state index contributed by atoms with van der Waals surface area (Å²) in [6.07, 6.45) is 11.7. The zero-order valence-corrected chi connectivity index (χ0v) is 21.3. The second kappa shape index (κ2) is 10.0. The highest BCUT2D eigenvalue weighted by Crippen LogP contribution is 2.30. The molecule has 0 aliphatic heterocycles. The van der Waals surface area contributed by atoms with E-state index in [1.165, 1.54) is 66.2 Å². The van der Waals surface area contributed by atoms with Gasteiger partial charge < -0.3 is 20.5 Å². The molecule has 1 saturated carbocycles. The number of anilines is 2. The van der Waals surface area contributed by atoms with E-state index in [0.717, 1.165) is 48.1 Å². The largest absolute Gasteiger partial charge is 0.362 e. The lowest BCUT2D eigenvalue weighted by atomic mass is 9.86. The Labute approximate surface area is 205 Å². The fraction of sp³-hybridized carbons (Fsp3) is 0.538. The number of hydrogen-bond acceptors (Lipinski definition) is 5. The van der Waals surface area contributed by atoms with Crippen molar-refractivity contribution in [3.63, 3.8) is 0 Å². The molecule has 2 aliphatic carbocycles. The van der Waals surface area contributed by atoms with Crippen LogP contribution in [0.15, 0.2) is 28.9 Å². The van der Waals surface area contributed by atoms with Crippen LogP contribution in [0.3, 0.4) is 0 Å². The van der Waals surface area contributed by atoms with Gasteiger partial charge in [0.05, 0.1) is 5.69 Å². The lowest BCUT2D eigenvalue weighted by molar-refractivity contribution is 0.324. The standard InChI is InChI=1S/C26H35BrN6/c1-33(2)25-21-5-3-4-6-24(21)31-26(32-25)30-20-10-7-17(8-11-20)14-28-15-18-16-29-23-12-9-19(27)13-22(18)23/h9,12-13,16-17,20,28-29H,3-8,10-11,14-15H2,1-2H3,(H,30,31,32). The van der Waals surface area contributed by atoms with Crippen LogP contribution in [0, 0.1) is 5.92 Å². The van der Waals surface area contributed by atoms with Crippen molar-refractivity contribution < 1.29 is 0 Å². The van der Waals surface area contributed by atoms with Crippen LogP contribution in [0.25, 0.3) is 10.9 Å². The molecule has 1 aromatic carbocycles. The maximum atomic E-state index is 4.91. The molecule has 0 atom stereocenters. The first kappa shape index (κ1) is 22.7. The molecule has 0 unspecified atom stereocenters. The van der Waals surface area contributed by atoms with Gasteiger partial charge >= 0.3 is 0 Å². The summed E-state index contributed by atoms with van der Waals surface area (Å²) >= 11 is 3.59. The van der Waals surface area contributed by atoms with E-state index in [9.17, 15) is 0 Å². The van der Waals surface area contributed by atoms with Crippen LogP contribution < -0.4 is 15.5 Å². The van der Waals surface area contributed by atoms with Gasteiger partial charge in [0.25, 0.3) is 0 Å². The van der Waals surface area contributed by atoms with Crippen molar-refractivity contribution in [3.05, 3.63) is 45.7 Å². The Hall–Kier alpha value is -2.12. The average Bonchev–Trinajstić information content (AvgIpc) is 3.21. The van der Waals surface area contributed by atoms with Crippen LogP contribution in [0.5, 0.6) is 0 Å². The summed E-state index contributed by atoms with van der Waals surface area (Å²) in [6, 6.07) is 6.89. The third kappa shape index (κ3) is 5.19. The molecule has 2 heterocycles. The quantitative estimate of drug-likeness (QED) is 0.395. The minimum absolute atomic E-state index is 0.476. The number of aromatic nitrogens is 3. The van der Waals surface area contributed by atoms with Gasteiger partial charge in [-0.25, -0.2) is 4.98 Å². The zero-order valence-electron chi connectivity index (χ0n) is 19.8. The average molecular weight is 512 g/mol. The highest BCUT2D eigenvalue weighted by atomic mass is 79.9. The van der Waals surface area contributed by atoms with Gasteiger partial charge in [-0.1, -0.05) is 15.9 Å². The van der Waals surface area contributed by atoms with E-state index in [-0.39, 0.29) is 0 Å². The molecule has 2 aromatic heterocycles. The number of aryl methyl sites for hydroxylation is 1. The molecule has 1 fully saturated rings. The Balaban J connectivity index is 1.12. The van der Waals surface area contributed by atoms with E-state index in [2.05, 4.69) is 74.9 Å². The molecular weight excluding hydrogens is 476 g/mol. The number of nitrogens with one attached hydrogen (secondary N) is 3. The highest BCUT2D eigenvalue weighted by Gasteiger charge is 2.24. The van der Waals surface area contributed by atoms with Crippen molar-refractivity contribution in [2.45, 2.75) is 64.0 Å². The monoisotopic (exact) mass is 510 g/mol. The van der Waals surface area contributed by atoms with Crippen molar-refractivity contribution in [1.29, 1.82) is 0 Å². The van der Waals surface area contributed by atoms with Crippen molar-refractivity contribution in [3.8, 4) is 0 Å². The second-order valence-electron chi connectivity index (χ2n) is 9.89. The number of benzene rings is 1. The summed E-state index contributed by atoms with van der Waals surface area (Å²) in [5, 5.41) is 8.67. The summed E-state index contributed by atoms with van der Waals surface area (Å²) in [4.78, 5) is 15.3. The lowest BCUT2D eigenvalue weighted by Gasteiger charge is -2.30.